The van der Waals surface area contributed by atoms with Crippen molar-refractivity contribution in [3.05, 3.63) is 30.1 Å². The smallest absolute Gasteiger partial charge is 0.318 e. The second-order valence-corrected chi connectivity index (χ2v) is 3.00. The van der Waals surface area contributed by atoms with Crippen molar-refractivity contribution >= 4 is 11.8 Å². The fraction of sp³-hybridized carbons (Fsp3) is 0.273. The molecule has 0 saturated carbocycles. The highest BCUT2D eigenvalue weighted by Crippen LogP contribution is 2.11. The number of esters is 1. The molecule has 0 aliphatic heterocycles. The average molecular weight is 210 g/mol. The van der Waals surface area contributed by atoms with Crippen LogP contribution in [-0.2, 0) is 9.59 Å². The minimum atomic E-state index is -0.617. The van der Waals surface area contributed by atoms with Crippen molar-refractivity contribution in [1.82, 2.24) is 0 Å². The number of ether oxygens (including phenoxy) is 1. The van der Waals surface area contributed by atoms with Gasteiger partial charge in [-0.3, -0.25) is 9.59 Å². The number of benzene rings is 1. The molecule has 0 atom stereocenters. The molecule has 1 rings (SSSR count). The summed E-state index contributed by atoms with van der Waals surface area (Å²) < 4.78 is 17.3. The highest BCUT2D eigenvalue weighted by Gasteiger charge is 2.09. The van der Waals surface area contributed by atoms with Crippen LogP contribution in [0.15, 0.2) is 24.3 Å². The normalized spacial score (nSPS) is 9.73. The van der Waals surface area contributed by atoms with Gasteiger partial charge in [0.2, 0.25) is 0 Å². The number of carbonyl (C=O) groups is 2. The van der Waals surface area contributed by atoms with E-state index in [4.69, 9.17) is 4.74 Å². The lowest BCUT2D eigenvalue weighted by Gasteiger charge is -2.02. The molecule has 0 N–H and O–H groups in total. The third kappa shape index (κ3) is 3.89. The molecule has 0 bridgehead atoms. The second kappa shape index (κ2) is 5.24. The van der Waals surface area contributed by atoms with Gasteiger partial charge in [-0.05, 0) is 24.3 Å². The molecular weight excluding hydrogens is 199 g/mol. The van der Waals surface area contributed by atoms with Crippen LogP contribution in [0.5, 0.6) is 5.75 Å². The van der Waals surface area contributed by atoms with Gasteiger partial charge >= 0.3 is 5.97 Å². The maximum atomic E-state index is 12.5. The quantitative estimate of drug-likeness (QED) is 0.434. The van der Waals surface area contributed by atoms with Gasteiger partial charge in [0.25, 0.3) is 0 Å². The highest BCUT2D eigenvalue weighted by atomic mass is 19.1. The molecule has 0 radical (unpaired) electrons. The first-order valence-corrected chi connectivity index (χ1v) is 4.59. The van der Waals surface area contributed by atoms with Crippen LogP contribution in [0.4, 0.5) is 4.39 Å². The van der Waals surface area contributed by atoms with E-state index < -0.39 is 11.8 Å². The van der Waals surface area contributed by atoms with E-state index >= 15 is 0 Å². The highest BCUT2D eigenvalue weighted by molar-refractivity contribution is 5.96. The molecule has 0 amide bonds. The Kier molecular flexibility index (Phi) is 3.97. The van der Waals surface area contributed by atoms with Gasteiger partial charge in [-0.25, -0.2) is 4.39 Å². The lowest BCUT2D eigenvalue weighted by atomic mass is 10.2. The molecule has 3 nitrogen and oxygen atoms in total. The summed E-state index contributed by atoms with van der Waals surface area (Å²) in [6.45, 7) is 1.67. The van der Waals surface area contributed by atoms with E-state index in [0.717, 1.165) is 0 Å². The third-order valence-corrected chi connectivity index (χ3v) is 1.78. The Morgan fingerprint density at radius 2 is 1.87 bits per heavy atom. The van der Waals surface area contributed by atoms with Gasteiger partial charge in [0.05, 0.1) is 0 Å². The van der Waals surface area contributed by atoms with Crippen LogP contribution in [-0.4, -0.2) is 11.8 Å². The number of carbonyl (C=O) groups excluding carboxylic acids is 2. The fourth-order valence-corrected chi connectivity index (χ4v) is 0.956. The predicted molar refractivity (Wildman–Crippen MR) is 52.0 cm³/mol. The molecule has 0 heterocycles. The van der Waals surface area contributed by atoms with Gasteiger partial charge in [0.15, 0.2) is 0 Å². The first kappa shape index (κ1) is 11.4. The summed E-state index contributed by atoms with van der Waals surface area (Å²) in [5.41, 5.74) is 0. The van der Waals surface area contributed by atoms with Crippen LogP contribution >= 0.6 is 0 Å². The molecule has 0 spiro atoms. The standard InChI is InChI=1S/C11H11FO3/c1-2-9(13)7-11(14)15-10-5-3-8(12)4-6-10/h3-6H,2,7H2,1H3. The number of rotatable bonds is 4. The Hall–Kier alpha value is -1.71. The molecule has 0 aliphatic carbocycles. The molecule has 80 valence electrons. The van der Waals surface area contributed by atoms with Crippen molar-refractivity contribution in [3.63, 3.8) is 0 Å². The number of Topliss-reactive ketones (excluding diaryl/α,β-unsaturated/α-hetero) is 1. The zero-order valence-corrected chi connectivity index (χ0v) is 8.33. The van der Waals surface area contributed by atoms with E-state index in [1.165, 1.54) is 24.3 Å². The molecule has 0 saturated heterocycles. The third-order valence-electron chi connectivity index (χ3n) is 1.78. The number of ketones is 1. The lowest BCUT2D eigenvalue weighted by Crippen LogP contribution is -2.13. The van der Waals surface area contributed by atoms with Crippen LogP contribution in [0.1, 0.15) is 19.8 Å². The number of halogens is 1. The SMILES string of the molecule is CCC(=O)CC(=O)Oc1ccc(F)cc1. The Balaban J connectivity index is 2.51. The van der Waals surface area contributed by atoms with Crippen molar-refractivity contribution in [2.75, 3.05) is 0 Å². The minimum absolute atomic E-state index is 0.179. The van der Waals surface area contributed by atoms with E-state index in [1.807, 2.05) is 0 Å². The maximum absolute atomic E-state index is 12.5. The topological polar surface area (TPSA) is 43.4 Å². The zero-order chi connectivity index (χ0) is 11.3. The monoisotopic (exact) mass is 210 g/mol. The van der Waals surface area contributed by atoms with E-state index in [9.17, 15) is 14.0 Å². The number of hydrogen-bond donors (Lipinski definition) is 0. The van der Waals surface area contributed by atoms with Crippen LogP contribution < -0.4 is 4.74 Å². The summed E-state index contributed by atoms with van der Waals surface area (Å²) in [5, 5.41) is 0. The summed E-state index contributed by atoms with van der Waals surface area (Å²) in [4.78, 5) is 22.0. The van der Waals surface area contributed by atoms with Gasteiger partial charge in [-0.2, -0.15) is 0 Å². The average Bonchev–Trinajstić information content (AvgIpc) is 2.21. The van der Waals surface area contributed by atoms with E-state index in [-0.39, 0.29) is 18.0 Å². The van der Waals surface area contributed by atoms with Gasteiger partial charge in [-0.15, -0.1) is 0 Å². The Morgan fingerprint density at radius 3 is 2.40 bits per heavy atom. The van der Waals surface area contributed by atoms with Crippen LogP contribution in [0.2, 0.25) is 0 Å². The summed E-state index contributed by atoms with van der Waals surface area (Å²) >= 11 is 0. The van der Waals surface area contributed by atoms with Crippen molar-refractivity contribution in [2.24, 2.45) is 0 Å². The number of hydrogen-bond acceptors (Lipinski definition) is 3. The van der Waals surface area contributed by atoms with Crippen molar-refractivity contribution < 1.29 is 18.7 Å². The summed E-state index contributed by atoms with van der Waals surface area (Å²) in [6.07, 6.45) is 0.0619. The Bertz CT molecular complexity index is 357. The van der Waals surface area contributed by atoms with Crippen LogP contribution in [0.3, 0.4) is 0 Å². The molecule has 15 heavy (non-hydrogen) atoms. The summed E-state index contributed by atoms with van der Waals surface area (Å²) in [5.74, 6) is -0.958. The predicted octanol–water partition coefficient (Wildman–Crippen LogP) is 2.10. The largest absolute Gasteiger partial charge is 0.426 e. The molecule has 0 aliphatic rings. The first-order valence-electron chi connectivity index (χ1n) is 4.59. The zero-order valence-electron chi connectivity index (χ0n) is 8.33. The maximum Gasteiger partial charge on any atom is 0.318 e. The summed E-state index contributed by atoms with van der Waals surface area (Å²) in [7, 11) is 0. The molecule has 1 aromatic carbocycles. The van der Waals surface area contributed by atoms with Gasteiger partial charge < -0.3 is 4.74 Å². The molecule has 1 aromatic rings. The Morgan fingerprint density at radius 1 is 1.27 bits per heavy atom. The molecule has 0 aromatic heterocycles. The molecular formula is C11H11FO3. The van der Waals surface area contributed by atoms with E-state index in [0.29, 0.717) is 6.42 Å². The Labute approximate surface area is 86.9 Å². The molecule has 4 heteroatoms. The van der Waals surface area contributed by atoms with Gasteiger partial charge in [0, 0.05) is 6.42 Å². The molecule has 0 unspecified atom stereocenters. The van der Waals surface area contributed by atoms with Crippen LogP contribution in [0.25, 0.3) is 0 Å². The van der Waals surface area contributed by atoms with E-state index in [1.54, 1.807) is 6.92 Å². The first-order chi connectivity index (χ1) is 7.11. The molecule has 0 fully saturated rings. The fourth-order valence-electron chi connectivity index (χ4n) is 0.956. The van der Waals surface area contributed by atoms with Crippen molar-refractivity contribution in [1.29, 1.82) is 0 Å². The van der Waals surface area contributed by atoms with Gasteiger partial charge in [0.1, 0.15) is 23.8 Å². The van der Waals surface area contributed by atoms with E-state index in [2.05, 4.69) is 0 Å². The van der Waals surface area contributed by atoms with Crippen molar-refractivity contribution in [2.45, 2.75) is 19.8 Å². The van der Waals surface area contributed by atoms with Gasteiger partial charge in [-0.1, -0.05) is 6.92 Å². The summed E-state index contributed by atoms with van der Waals surface area (Å²) in [6, 6.07) is 5.04. The van der Waals surface area contributed by atoms with Crippen LogP contribution in [0, 0.1) is 5.82 Å². The second-order valence-electron chi connectivity index (χ2n) is 3.00. The lowest BCUT2D eigenvalue weighted by molar-refractivity contribution is -0.137. The minimum Gasteiger partial charge on any atom is -0.426 e. The van der Waals surface area contributed by atoms with Crippen molar-refractivity contribution in [3.8, 4) is 5.75 Å².